The lowest BCUT2D eigenvalue weighted by atomic mass is 10.2. The number of rotatable bonds is 2. The Labute approximate surface area is 118 Å². The maximum absolute atomic E-state index is 13.3. The minimum atomic E-state index is -0.325. The van der Waals surface area contributed by atoms with Crippen LogP contribution in [0.4, 0.5) is 4.39 Å². The Bertz CT molecular complexity index is 754. The monoisotopic (exact) mass is 292 g/mol. The van der Waals surface area contributed by atoms with Crippen molar-refractivity contribution in [1.82, 2.24) is 9.97 Å². The highest BCUT2D eigenvalue weighted by atomic mass is 35.5. The number of aryl methyl sites for hydroxylation is 1. The first kappa shape index (κ1) is 12.5. The fraction of sp³-hybridized carbons (Fsp3) is 0.143. The number of nitrogens with zero attached hydrogens (tertiary/aromatic N) is 2. The highest BCUT2D eigenvalue weighted by molar-refractivity contribution is 7.15. The van der Waals surface area contributed by atoms with Crippen LogP contribution in [0.3, 0.4) is 0 Å². The van der Waals surface area contributed by atoms with Crippen LogP contribution in [0.25, 0.3) is 21.6 Å². The molecule has 2 aromatic heterocycles. The molecule has 0 radical (unpaired) electrons. The van der Waals surface area contributed by atoms with Crippen LogP contribution in [0.5, 0.6) is 0 Å². The van der Waals surface area contributed by atoms with Gasteiger partial charge in [-0.2, -0.15) is 0 Å². The first-order valence-corrected chi connectivity index (χ1v) is 7.08. The summed E-state index contributed by atoms with van der Waals surface area (Å²) in [7, 11) is 0. The van der Waals surface area contributed by atoms with Crippen LogP contribution in [-0.4, -0.2) is 9.97 Å². The minimum absolute atomic E-state index is 0.325. The van der Waals surface area contributed by atoms with Gasteiger partial charge in [-0.3, -0.25) is 0 Å². The molecule has 0 saturated heterocycles. The maximum atomic E-state index is 13.3. The van der Waals surface area contributed by atoms with Gasteiger partial charge in [0, 0.05) is 16.3 Å². The summed E-state index contributed by atoms with van der Waals surface area (Å²) in [5.41, 5.74) is 0.529. The molecular weight excluding hydrogens is 283 g/mol. The first-order chi connectivity index (χ1) is 9.17. The quantitative estimate of drug-likeness (QED) is 0.639. The third kappa shape index (κ3) is 2.33. The Balaban J connectivity index is 2.19. The Morgan fingerprint density at radius 3 is 2.79 bits per heavy atom. The molecule has 0 aliphatic rings. The first-order valence-electron chi connectivity index (χ1n) is 5.89. The Hall–Kier alpha value is -1.52. The Morgan fingerprint density at radius 2 is 2.05 bits per heavy atom. The van der Waals surface area contributed by atoms with E-state index in [1.54, 1.807) is 17.4 Å². The molecule has 0 fully saturated rings. The molecule has 0 atom stereocenters. The van der Waals surface area contributed by atoms with E-state index in [1.807, 2.05) is 12.1 Å². The van der Waals surface area contributed by atoms with Crippen LogP contribution in [0.15, 0.2) is 30.3 Å². The van der Waals surface area contributed by atoms with E-state index in [-0.39, 0.29) is 5.82 Å². The average molecular weight is 293 g/mol. The van der Waals surface area contributed by atoms with Crippen molar-refractivity contribution in [1.29, 1.82) is 0 Å². The number of fused-ring (bicyclic) bond motifs is 1. The summed E-state index contributed by atoms with van der Waals surface area (Å²) in [4.78, 5) is 10.9. The van der Waals surface area contributed by atoms with Gasteiger partial charge in [-0.15, -0.1) is 11.3 Å². The van der Waals surface area contributed by atoms with Crippen LogP contribution in [-0.2, 0) is 6.42 Å². The third-order valence-corrected chi connectivity index (χ3v) is 4.36. The van der Waals surface area contributed by atoms with Crippen molar-refractivity contribution in [2.45, 2.75) is 13.3 Å². The van der Waals surface area contributed by atoms with Crippen LogP contribution in [0, 0.1) is 5.82 Å². The molecular formula is C14H10ClFN2S. The number of halogens is 2. The Morgan fingerprint density at radius 1 is 1.21 bits per heavy atom. The molecule has 1 aromatic carbocycles. The summed E-state index contributed by atoms with van der Waals surface area (Å²) < 4.78 is 13.3. The average Bonchev–Trinajstić information content (AvgIpc) is 2.86. The molecule has 96 valence electrons. The molecule has 0 bridgehead atoms. The minimum Gasteiger partial charge on any atom is -0.227 e. The molecule has 0 amide bonds. The second-order valence-corrected chi connectivity index (χ2v) is 5.65. The zero-order valence-corrected chi connectivity index (χ0v) is 11.7. The van der Waals surface area contributed by atoms with Crippen molar-refractivity contribution in [2.75, 3.05) is 0 Å². The Kier molecular flexibility index (Phi) is 3.21. The molecule has 19 heavy (non-hydrogen) atoms. The van der Waals surface area contributed by atoms with Gasteiger partial charge >= 0.3 is 0 Å². The molecule has 3 rings (SSSR count). The highest BCUT2D eigenvalue weighted by Crippen LogP contribution is 2.29. The van der Waals surface area contributed by atoms with E-state index < -0.39 is 0 Å². The van der Waals surface area contributed by atoms with Gasteiger partial charge in [-0.25, -0.2) is 14.4 Å². The third-order valence-electron chi connectivity index (χ3n) is 2.84. The van der Waals surface area contributed by atoms with Gasteiger partial charge in [0.05, 0.1) is 10.4 Å². The number of hydrogen-bond acceptors (Lipinski definition) is 3. The fourth-order valence-electron chi connectivity index (χ4n) is 1.86. The second kappa shape index (κ2) is 4.87. The van der Waals surface area contributed by atoms with Gasteiger partial charge < -0.3 is 0 Å². The number of benzene rings is 1. The summed E-state index contributed by atoms with van der Waals surface area (Å²) in [6.07, 6.45) is 0.973. The van der Waals surface area contributed by atoms with E-state index >= 15 is 0 Å². The van der Waals surface area contributed by atoms with Crippen molar-refractivity contribution in [3.8, 4) is 10.7 Å². The highest BCUT2D eigenvalue weighted by Gasteiger charge is 2.10. The van der Waals surface area contributed by atoms with Crippen molar-refractivity contribution in [3.05, 3.63) is 46.2 Å². The van der Waals surface area contributed by atoms with Gasteiger partial charge in [-0.05, 0) is 30.7 Å². The molecule has 2 nitrogen and oxygen atoms in total. The molecule has 0 unspecified atom stereocenters. The number of aromatic nitrogens is 2. The smallest absolute Gasteiger partial charge is 0.171 e. The molecule has 2 heterocycles. The molecule has 5 heteroatoms. The van der Waals surface area contributed by atoms with Crippen LogP contribution < -0.4 is 0 Å². The van der Waals surface area contributed by atoms with E-state index in [2.05, 4.69) is 16.9 Å². The van der Waals surface area contributed by atoms with Crippen molar-refractivity contribution in [3.63, 3.8) is 0 Å². The predicted octanol–water partition coefficient (Wildman–Crippen LogP) is 4.71. The molecule has 0 aliphatic carbocycles. The van der Waals surface area contributed by atoms with E-state index in [9.17, 15) is 4.39 Å². The van der Waals surface area contributed by atoms with Crippen LogP contribution in [0.1, 0.15) is 11.8 Å². The molecule has 3 aromatic rings. The SMILES string of the molecule is CCc1ccc(-c2nc(Cl)c3ccc(F)cc3n2)s1. The summed E-state index contributed by atoms with van der Waals surface area (Å²) in [6.45, 7) is 2.10. The van der Waals surface area contributed by atoms with E-state index in [0.29, 0.717) is 21.9 Å². The molecule has 0 N–H and O–H groups in total. The summed E-state index contributed by atoms with van der Waals surface area (Å²) in [5.74, 6) is 0.224. The largest absolute Gasteiger partial charge is 0.227 e. The zero-order chi connectivity index (χ0) is 13.4. The molecule has 0 saturated carbocycles. The van der Waals surface area contributed by atoms with Gasteiger partial charge in [0.1, 0.15) is 11.0 Å². The lowest BCUT2D eigenvalue weighted by Gasteiger charge is -2.02. The number of thiophene rings is 1. The van der Waals surface area contributed by atoms with E-state index in [0.717, 1.165) is 11.3 Å². The fourth-order valence-corrected chi connectivity index (χ4v) is 2.98. The van der Waals surface area contributed by atoms with Crippen molar-refractivity contribution in [2.24, 2.45) is 0 Å². The lowest BCUT2D eigenvalue weighted by Crippen LogP contribution is -1.90. The molecule has 0 aliphatic heterocycles. The summed E-state index contributed by atoms with van der Waals surface area (Å²) >= 11 is 7.77. The van der Waals surface area contributed by atoms with Crippen molar-refractivity contribution < 1.29 is 4.39 Å². The van der Waals surface area contributed by atoms with Gasteiger partial charge in [0.2, 0.25) is 0 Å². The molecule has 0 spiro atoms. The second-order valence-electron chi connectivity index (χ2n) is 4.12. The van der Waals surface area contributed by atoms with Crippen LogP contribution in [0.2, 0.25) is 5.15 Å². The van der Waals surface area contributed by atoms with E-state index in [1.165, 1.54) is 17.0 Å². The van der Waals surface area contributed by atoms with Gasteiger partial charge in [-0.1, -0.05) is 18.5 Å². The zero-order valence-electron chi connectivity index (χ0n) is 10.2. The lowest BCUT2D eigenvalue weighted by molar-refractivity contribution is 0.629. The number of hydrogen-bond donors (Lipinski definition) is 0. The van der Waals surface area contributed by atoms with E-state index in [4.69, 9.17) is 11.6 Å². The predicted molar refractivity (Wildman–Crippen MR) is 77.2 cm³/mol. The standard InChI is InChI=1S/C14H10ClFN2S/c1-2-9-4-6-12(19-9)14-17-11-7-8(16)3-5-10(11)13(15)18-14/h3-7H,2H2,1H3. The summed E-state index contributed by atoms with van der Waals surface area (Å²) in [5, 5.41) is 1.02. The topological polar surface area (TPSA) is 25.8 Å². The van der Waals surface area contributed by atoms with Gasteiger partial charge in [0.15, 0.2) is 5.82 Å². The van der Waals surface area contributed by atoms with Crippen molar-refractivity contribution >= 4 is 33.8 Å². The normalized spacial score (nSPS) is 11.1. The summed E-state index contributed by atoms with van der Waals surface area (Å²) in [6, 6.07) is 8.36. The van der Waals surface area contributed by atoms with Crippen LogP contribution >= 0.6 is 22.9 Å². The maximum Gasteiger partial charge on any atom is 0.171 e. The van der Waals surface area contributed by atoms with Gasteiger partial charge in [0.25, 0.3) is 0 Å².